The Hall–Kier alpha value is -1.36. The SMILES string of the molecule is CCNC(=O)OCCOc1ccc(SC(C)CC)cc1. The van der Waals surface area contributed by atoms with Gasteiger partial charge in [0.2, 0.25) is 0 Å². The van der Waals surface area contributed by atoms with Crippen molar-refractivity contribution in [3.05, 3.63) is 24.3 Å². The molecule has 5 heteroatoms. The van der Waals surface area contributed by atoms with Gasteiger partial charge in [0, 0.05) is 16.7 Å². The van der Waals surface area contributed by atoms with E-state index >= 15 is 0 Å². The third-order valence-electron chi connectivity index (χ3n) is 2.64. The molecule has 1 amide bonds. The van der Waals surface area contributed by atoms with Crippen molar-refractivity contribution in [3.63, 3.8) is 0 Å². The number of hydrogen-bond donors (Lipinski definition) is 1. The standard InChI is InChI=1S/C15H23NO3S/c1-4-12(3)20-14-8-6-13(7-9-14)18-10-11-19-15(17)16-5-2/h6-9,12H,4-5,10-11H2,1-3H3,(H,16,17). The van der Waals surface area contributed by atoms with Gasteiger partial charge in [0.05, 0.1) is 0 Å². The highest BCUT2D eigenvalue weighted by Gasteiger charge is 2.03. The van der Waals surface area contributed by atoms with Crippen molar-refractivity contribution in [2.24, 2.45) is 0 Å². The number of benzene rings is 1. The normalized spacial score (nSPS) is 11.8. The number of nitrogens with one attached hydrogen (secondary N) is 1. The Bertz CT molecular complexity index is 395. The summed E-state index contributed by atoms with van der Waals surface area (Å²) < 4.78 is 10.4. The number of thioether (sulfide) groups is 1. The van der Waals surface area contributed by atoms with Crippen molar-refractivity contribution in [3.8, 4) is 5.75 Å². The van der Waals surface area contributed by atoms with Gasteiger partial charge < -0.3 is 14.8 Å². The van der Waals surface area contributed by atoms with Gasteiger partial charge in [-0.15, -0.1) is 11.8 Å². The van der Waals surface area contributed by atoms with Crippen LogP contribution in [0.4, 0.5) is 4.79 Å². The highest BCUT2D eigenvalue weighted by molar-refractivity contribution is 7.99. The van der Waals surface area contributed by atoms with Crippen LogP contribution in [0.5, 0.6) is 5.75 Å². The van der Waals surface area contributed by atoms with E-state index in [-0.39, 0.29) is 6.61 Å². The maximum atomic E-state index is 11.0. The number of carbonyl (C=O) groups is 1. The van der Waals surface area contributed by atoms with Crippen molar-refractivity contribution < 1.29 is 14.3 Å². The highest BCUT2D eigenvalue weighted by atomic mass is 32.2. The molecule has 1 aromatic carbocycles. The van der Waals surface area contributed by atoms with Crippen molar-refractivity contribution in [1.82, 2.24) is 5.32 Å². The van der Waals surface area contributed by atoms with Gasteiger partial charge >= 0.3 is 6.09 Å². The summed E-state index contributed by atoms with van der Waals surface area (Å²) in [6.07, 6.45) is 0.747. The van der Waals surface area contributed by atoms with E-state index in [9.17, 15) is 4.79 Å². The van der Waals surface area contributed by atoms with Gasteiger partial charge in [0.25, 0.3) is 0 Å². The summed E-state index contributed by atoms with van der Waals surface area (Å²) in [5, 5.41) is 3.17. The van der Waals surface area contributed by atoms with Crippen LogP contribution in [0, 0.1) is 0 Å². The average Bonchev–Trinajstić information content (AvgIpc) is 2.45. The first-order valence-corrected chi connectivity index (χ1v) is 7.83. The molecule has 1 atom stereocenters. The Kier molecular flexibility index (Phi) is 7.95. The molecule has 0 aromatic heterocycles. The Morgan fingerprint density at radius 1 is 1.25 bits per heavy atom. The summed E-state index contributed by atoms with van der Waals surface area (Å²) in [6.45, 7) is 7.41. The molecule has 1 rings (SSSR count). The van der Waals surface area contributed by atoms with E-state index < -0.39 is 6.09 Å². The molecule has 1 unspecified atom stereocenters. The lowest BCUT2D eigenvalue weighted by Crippen LogP contribution is -2.25. The number of rotatable bonds is 8. The van der Waals surface area contributed by atoms with Crippen molar-refractivity contribution in [1.29, 1.82) is 0 Å². The minimum Gasteiger partial charge on any atom is -0.490 e. The van der Waals surface area contributed by atoms with E-state index in [0.29, 0.717) is 18.4 Å². The van der Waals surface area contributed by atoms with Crippen LogP contribution >= 0.6 is 11.8 Å². The van der Waals surface area contributed by atoms with E-state index in [2.05, 4.69) is 31.3 Å². The molecule has 0 aliphatic carbocycles. The first-order chi connectivity index (χ1) is 9.65. The molecular formula is C15H23NO3S. The fourth-order valence-corrected chi connectivity index (χ4v) is 2.34. The molecule has 112 valence electrons. The maximum absolute atomic E-state index is 11.0. The van der Waals surface area contributed by atoms with E-state index in [1.165, 1.54) is 4.90 Å². The van der Waals surface area contributed by atoms with Crippen LogP contribution in [0.2, 0.25) is 0 Å². The topological polar surface area (TPSA) is 47.6 Å². The summed E-state index contributed by atoms with van der Waals surface area (Å²) >= 11 is 1.86. The second-order valence-corrected chi connectivity index (χ2v) is 5.83. The lowest BCUT2D eigenvalue weighted by atomic mass is 10.3. The molecule has 0 saturated carbocycles. The van der Waals surface area contributed by atoms with Crippen LogP contribution in [-0.4, -0.2) is 31.1 Å². The Morgan fingerprint density at radius 3 is 2.55 bits per heavy atom. The molecule has 20 heavy (non-hydrogen) atoms. The van der Waals surface area contributed by atoms with Gasteiger partial charge in [-0.05, 0) is 37.6 Å². The van der Waals surface area contributed by atoms with Gasteiger partial charge in [-0.25, -0.2) is 4.79 Å². The maximum Gasteiger partial charge on any atom is 0.407 e. The summed E-state index contributed by atoms with van der Waals surface area (Å²) in [5.74, 6) is 0.790. The molecule has 0 saturated heterocycles. The zero-order chi connectivity index (χ0) is 14.8. The number of carbonyl (C=O) groups excluding carboxylic acids is 1. The van der Waals surface area contributed by atoms with Gasteiger partial charge in [-0.2, -0.15) is 0 Å². The van der Waals surface area contributed by atoms with Gasteiger partial charge in [-0.3, -0.25) is 0 Å². The van der Waals surface area contributed by atoms with Crippen molar-refractivity contribution in [2.75, 3.05) is 19.8 Å². The largest absolute Gasteiger partial charge is 0.490 e. The second kappa shape index (κ2) is 9.53. The summed E-state index contributed by atoms with van der Waals surface area (Å²) in [4.78, 5) is 12.3. The van der Waals surface area contributed by atoms with Crippen LogP contribution in [-0.2, 0) is 4.74 Å². The van der Waals surface area contributed by atoms with Crippen LogP contribution in [0.15, 0.2) is 29.2 Å². The Morgan fingerprint density at radius 2 is 1.95 bits per heavy atom. The van der Waals surface area contributed by atoms with Gasteiger partial charge in [0.15, 0.2) is 0 Å². The molecule has 0 heterocycles. The predicted molar refractivity (Wildman–Crippen MR) is 82.6 cm³/mol. The molecule has 0 bridgehead atoms. The van der Waals surface area contributed by atoms with Gasteiger partial charge in [0.1, 0.15) is 19.0 Å². The molecule has 0 fully saturated rings. The quantitative estimate of drug-likeness (QED) is 0.587. The molecule has 0 radical (unpaired) electrons. The smallest absolute Gasteiger partial charge is 0.407 e. The summed E-state index contributed by atoms with van der Waals surface area (Å²) in [6, 6.07) is 7.99. The monoisotopic (exact) mass is 297 g/mol. The average molecular weight is 297 g/mol. The number of amides is 1. The Balaban J connectivity index is 2.26. The van der Waals surface area contributed by atoms with E-state index in [0.717, 1.165) is 12.2 Å². The number of ether oxygens (including phenoxy) is 2. The predicted octanol–water partition coefficient (Wildman–Crippen LogP) is 3.70. The minimum absolute atomic E-state index is 0.245. The zero-order valence-electron chi connectivity index (χ0n) is 12.3. The van der Waals surface area contributed by atoms with Crippen LogP contribution in [0.3, 0.4) is 0 Å². The fraction of sp³-hybridized carbons (Fsp3) is 0.533. The molecular weight excluding hydrogens is 274 g/mol. The molecule has 4 nitrogen and oxygen atoms in total. The first-order valence-electron chi connectivity index (χ1n) is 6.95. The Labute approximate surface area is 125 Å². The van der Waals surface area contributed by atoms with Crippen LogP contribution in [0.25, 0.3) is 0 Å². The molecule has 0 aliphatic rings. The highest BCUT2D eigenvalue weighted by Crippen LogP contribution is 2.26. The van der Waals surface area contributed by atoms with E-state index in [1.54, 1.807) is 0 Å². The first kappa shape index (κ1) is 16.7. The zero-order valence-corrected chi connectivity index (χ0v) is 13.2. The van der Waals surface area contributed by atoms with Crippen LogP contribution < -0.4 is 10.1 Å². The van der Waals surface area contributed by atoms with Gasteiger partial charge in [-0.1, -0.05) is 13.8 Å². The number of hydrogen-bond acceptors (Lipinski definition) is 4. The minimum atomic E-state index is -0.406. The van der Waals surface area contributed by atoms with Crippen LogP contribution in [0.1, 0.15) is 27.2 Å². The lowest BCUT2D eigenvalue weighted by molar-refractivity contribution is 0.125. The fourth-order valence-electron chi connectivity index (χ4n) is 1.42. The van der Waals surface area contributed by atoms with E-state index in [4.69, 9.17) is 9.47 Å². The van der Waals surface area contributed by atoms with E-state index in [1.807, 2.05) is 30.8 Å². The molecule has 0 aliphatic heterocycles. The van der Waals surface area contributed by atoms with Crippen molar-refractivity contribution in [2.45, 2.75) is 37.3 Å². The second-order valence-electron chi connectivity index (χ2n) is 4.32. The molecule has 0 spiro atoms. The third kappa shape index (κ3) is 6.70. The number of alkyl carbamates (subject to hydrolysis) is 1. The summed E-state index contributed by atoms with van der Waals surface area (Å²) in [5.41, 5.74) is 0. The van der Waals surface area contributed by atoms with Crippen molar-refractivity contribution >= 4 is 17.9 Å². The third-order valence-corrected chi connectivity index (χ3v) is 3.92. The summed E-state index contributed by atoms with van der Waals surface area (Å²) in [7, 11) is 0. The lowest BCUT2D eigenvalue weighted by Gasteiger charge is -2.10. The molecule has 1 aromatic rings. The molecule has 1 N–H and O–H groups in total.